The topological polar surface area (TPSA) is 67.4 Å². The van der Waals surface area contributed by atoms with Crippen LogP contribution in [0.25, 0.3) is 0 Å². The van der Waals surface area contributed by atoms with Crippen LogP contribution in [0.4, 0.5) is 10.5 Å². The fraction of sp³-hybridized carbons (Fsp3) is 0.273. The first kappa shape index (κ1) is 15.9. The van der Waals surface area contributed by atoms with Crippen LogP contribution >= 0.6 is 34.8 Å². The van der Waals surface area contributed by atoms with Gasteiger partial charge in [-0.05, 0) is 19.1 Å². The molecule has 8 heteroatoms. The smallest absolute Gasteiger partial charge is 0.325 e. The molecule has 5 nitrogen and oxygen atoms in total. The molecule has 0 unspecified atom stereocenters. The fourth-order valence-corrected chi connectivity index (χ4v) is 1.74. The van der Waals surface area contributed by atoms with E-state index in [0.717, 1.165) is 0 Å². The summed E-state index contributed by atoms with van der Waals surface area (Å²) < 4.78 is 4.65. The highest BCUT2D eigenvalue weighted by Crippen LogP contribution is 2.32. The van der Waals surface area contributed by atoms with Crippen molar-refractivity contribution in [3.8, 4) is 0 Å². The Bertz CT molecular complexity index is 494. The van der Waals surface area contributed by atoms with Crippen LogP contribution in [0.3, 0.4) is 0 Å². The van der Waals surface area contributed by atoms with E-state index in [2.05, 4.69) is 15.4 Å². The summed E-state index contributed by atoms with van der Waals surface area (Å²) in [6, 6.07) is 2.22. The Morgan fingerprint density at radius 1 is 1.16 bits per heavy atom. The lowest BCUT2D eigenvalue weighted by molar-refractivity contribution is -0.141. The third-order valence-electron chi connectivity index (χ3n) is 1.96. The molecule has 1 aromatic rings. The first-order valence-corrected chi connectivity index (χ1v) is 6.42. The molecule has 104 valence electrons. The van der Waals surface area contributed by atoms with Gasteiger partial charge in [-0.25, -0.2) is 4.79 Å². The number of carbonyl (C=O) groups excluding carboxylic acids is 2. The largest absolute Gasteiger partial charge is 0.465 e. The number of benzene rings is 1. The first-order chi connectivity index (χ1) is 8.93. The predicted molar refractivity (Wildman–Crippen MR) is 75.1 cm³/mol. The van der Waals surface area contributed by atoms with Gasteiger partial charge in [-0.2, -0.15) is 0 Å². The number of rotatable bonds is 4. The van der Waals surface area contributed by atoms with Gasteiger partial charge in [0, 0.05) is 0 Å². The average Bonchev–Trinajstić information content (AvgIpc) is 2.34. The van der Waals surface area contributed by atoms with E-state index < -0.39 is 12.0 Å². The van der Waals surface area contributed by atoms with Crippen LogP contribution < -0.4 is 10.6 Å². The minimum Gasteiger partial charge on any atom is -0.465 e. The van der Waals surface area contributed by atoms with Crippen molar-refractivity contribution in [2.45, 2.75) is 6.92 Å². The summed E-state index contributed by atoms with van der Waals surface area (Å²) in [5.41, 5.74) is 0.289. The molecule has 19 heavy (non-hydrogen) atoms. The minimum atomic E-state index is -0.603. The van der Waals surface area contributed by atoms with Gasteiger partial charge in [0.1, 0.15) is 6.54 Å². The molecule has 0 heterocycles. The molecule has 0 aliphatic rings. The summed E-state index contributed by atoms with van der Waals surface area (Å²) in [4.78, 5) is 22.5. The zero-order chi connectivity index (χ0) is 14.4. The number of halogens is 3. The summed E-state index contributed by atoms with van der Waals surface area (Å²) in [7, 11) is 0. The van der Waals surface area contributed by atoms with Crippen molar-refractivity contribution in [2.75, 3.05) is 18.5 Å². The number of hydrogen-bond acceptors (Lipinski definition) is 3. The molecule has 0 saturated carbocycles. The number of anilines is 1. The molecule has 0 aliphatic carbocycles. The standard InChI is InChI=1S/C11H11Cl3N2O3/c1-2-19-10(17)5-15-11(18)16-9-4-7(13)6(12)3-8(9)14/h3-4H,2,5H2,1H3,(H2,15,16,18). The molecule has 1 aromatic carbocycles. The van der Waals surface area contributed by atoms with Crippen molar-refractivity contribution in [3.63, 3.8) is 0 Å². The van der Waals surface area contributed by atoms with Gasteiger partial charge in [0.05, 0.1) is 27.4 Å². The number of amides is 2. The van der Waals surface area contributed by atoms with E-state index in [4.69, 9.17) is 34.8 Å². The van der Waals surface area contributed by atoms with Crippen LogP contribution in [0.1, 0.15) is 6.92 Å². The quantitative estimate of drug-likeness (QED) is 0.659. The van der Waals surface area contributed by atoms with E-state index >= 15 is 0 Å². The Balaban J connectivity index is 2.58. The highest BCUT2D eigenvalue weighted by molar-refractivity contribution is 6.44. The second kappa shape index (κ2) is 7.43. The lowest BCUT2D eigenvalue weighted by atomic mass is 10.3. The fourth-order valence-electron chi connectivity index (χ4n) is 1.15. The SMILES string of the molecule is CCOC(=O)CNC(=O)Nc1cc(Cl)c(Cl)cc1Cl. The lowest BCUT2D eigenvalue weighted by Gasteiger charge is -2.09. The van der Waals surface area contributed by atoms with Crippen molar-refractivity contribution in [2.24, 2.45) is 0 Å². The lowest BCUT2D eigenvalue weighted by Crippen LogP contribution is -2.34. The van der Waals surface area contributed by atoms with Crippen molar-refractivity contribution in [3.05, 3.63) is 27.2 Å². The zero-order valence-electron chi connectivity index (χ0n) is 9.93. The molecule has 1 rings (SSSR count). The van der Waals surface area contributed by atoms with Crippen LogP contribution in [-0.4, -0.2) is 25.2 Å². The zero-order valence-corrected chi connectivity index (χ0v) is 12.2. The Hall–Kier alpha value is -1.17. The highest BCUT2D eigenvalue weighted by atomic mass is 35.5. The number of nitrogens with one attached hydrogen (secondary N) is 2. The van der Waals surface area contributed by atoms with Crippen LogP contribution in [-0.2, 0) is 9.53 Å². The summed E-state index contributed by atoms with van der Waals surface area (Å²) >= 11 is 17.4. The predicted octanol–water partition coefficient (Wildman–Crippen LogP) is 3.33. The third-order valence-corrected chi connectivity index (χ3v) is 2.99. The maximum atomic E-state index is 11.5. The van der Waals surface area contributed by atoms with Crippen LogP contribution in [0.2, 0.25) is 15.1 Å². The van der Waals surface area contributed by atoms with Crippen LogP contribution in [0, 0.1) is 0 Å². The summed E-state index contributed by atoms with van der Waals surface area (Å²) in [5.74, 6) is -0.530. The Morgan fingerprint density at radius 2 is 1.79 bits per heavy atom. The van der Waals surface area contributed by atoms with Crippen molar-refractivity contribution in [1.82, 2.24) is 5.32 Å². The van der Waals surface area contributed by atoms with Gasteiger partial charge < -0.3 is 15.4 Å². The van der Waals surface area contributed by atoms with E-state index in [9.17, 15) is 9.59 Å². The number of ether oxygens (including phenoxy) is 1. The molecular weight excluding hydrogens is 314 g/mol. The summed E-state index contributed by atoms with van der Waals surface area (Å²) in [5, 5.41) is 5.54. The number of esters is 1. The van der Waals surface area contributed by atoms with Crippen molar-refractivity contribution < 1.29 is 14.3 Å². The van der Waals surface area contributed by atoms with Gasteiger partial charge in [0.2, 0.25) is 0 Å². The monoisotopic (exact) mass is 324 g/mol. The highest BCUT2D eigenvalue weighted by Gasteiger charge is 2.10. The van der Waals surface area contributed by atoms with E-state index in [1.807, 2.05) is 0 Å². The van der Waals surface area contributed by atoms with Crippen LogP contribution in [0.15, 0.2) is 12.1 Å². The van der Waals surface area contributed by atoms with E-state index in [0.29, 0.717) is 0 Å². The number of urea groups is 1. The van der Waals surface area contributed by atoms with Crippen molar-refractivity contribution >= 4 is 52.5 Å². The van der Waals surface area contributed by atoms with Gasteiger partial charge >= 0.3 is 12.0 Å². The molecule has 0 atom stereocenters. The molecule has 0 fully saturated rings. The maximum absolute atomic E-state index is 11.5. The molecule has 0 aromatic heterocycles. The third kappa shape index (κ3) is 5.14. The molecule has 0 radical (unpaired) electrons. The molecular formula is C11H11Cl3N2O3. The second-order valence-electron chi connectivity index (χ2n) is 3.36. The number of hydrogen-bond donors (Lipinski definition) is 2. The Morgan fingerprint density at radius 3 is 2.42 bits per heavy atom. The molecule has 2 N–H and O–H groups in total. The molecule has 0 bridgehead atoms. The van der Waals surface area contributed by atoms with Gasteiger partial charge in [-0.1, -0.05) is 34.8 Å². The second-order valence-corrected chi connectivity index (χ2v) is 4.58. The van der Waals surface area contributed by atoms with Crippen molar-refractivity contribution in [1.29, 1.82) is 0 Å². The Kier molecular flexibility index (Phi) is 6.21. The van der Waals surface area contributed by atoms with Gasteiger partial charge in [-0.15, -0.1) is 0 Å². The van der Waals surface area contributed by atoms with Crippen LogP contribution in [0.5, 0.6) is 0 Å². The molecule has 2 amide bonds. The van der Waals surface area contributed by atoms with E-state index in [1.54, 1.807) is 6.92 Å². The maximum Gasteiger partial charge on any atom is 0.325 e. The summed E-state index contributed by atoms with van der Waals surface area (Å²) in [6.45, 7) is 1.69. The molecule has 0 aliphatic heterocycles. The Labute approximate surface area is 125 Å². The van der Waals surface area contributed by atoms with Gasteiger partial charge in [0.15, 0.2) is 0 Å². The van der Waals surface area contributed by atoms with Gasteiger partial charge in [0.25, 0.3) is 0 Å². The van der Waals surface area contributed by atoms with E-state index in [-0.39, 0.29) is 33.9 Å². The average molecular weight is 326 g/mol. The molecule has 0 spiro atoms. The van der Waals surface area contributed by atoms with Gasteiger partial charge in [-0.3, -0.25) is 4.79 Å². The summed E-state index contributed by atoms with van der Waals surface area (Å²) in [6.07, 6.45) is 0. The minimum absolute atomic E-state index is 0.237. The normalized spacial score (nSPS) is 9.89. The number of carbonyl (C=O) groups is 2. The molecule has 0 saturated heterocycles. The van der Waals surface area contributed by atoms with E-state index in [1.165, 1.54) is 12.1 Å². The first-order valence-electron chi connectivity index (χ1n) is 5.29.